The molecule has 6 aromatic carbocycles. The quantitative estimate of drug-likeness (QED) is 0.0103. The van der Waals surface area contributed by atoms with Crippen molar-refractivity contribution in [1.29, 1.82) is 0 Å². The molecular formula is C73H85N9O9S. The molecule has 7 amide bonds. The van der Waals surface area contributed by atoms with Gasteiger partial charge in [0.05, 0.1) is 24.1 Å². The second-order valence-electron chi connectivity index (χ2n) is 23.9. The highest BCUT2D eigenvalue weighted by atomic mass is 32.2. The van der Waals surface area contributed by atoms with Gasteiger partial charge >= 0.3 is 12.0 Å². The molecule has 9 rings (SSSR count). The van der Waals surface area contributed by atoms with Crippen LogP contribution in [0.2, 0.25) is 0 Å². The summed E-state index contributed by atoms with van der Waals surface area (Å²) >= 11 is 1.80. The highest BCUT2D eigenvalue weighted by Gasteiger charge is 2.43. The number of phenols is 1. The van der Waals surface area contributed by atoms with Crippen LogP contribution in [-0.4, -0.2) is 115 Å². The van der Waals surface area contributed by atoms with Crippen LogP contribution >= 0.6 is 11.8 Å². The Labute approximate surface area is 543 Å². The maximum Gasteiger partial charge on any atom is 0.326 e. The van der Waals surface area contributed by atoms with Crippen molar-refractivity contribution in [2.45, 2.75) is 157 Å². The third kappa shape index (κ3) is 18.5. The Hall–Kier alpha value is -9.23. The van der Waals surface area contributed by atoms with Gasteiger partial charge < -0.3 is 52.0 Å². The zero-order valence-corrected chi connectivity index (χ0v) is 53.0. The van der Waals surface area contributed by atoms with E-state index in [1.807, 2.05) is 120 Å². The van der Waals surface area contributed by atoms with Crippen LogP contribution in [0, 0.1) is 0 Å². The van der Waals surface area contributed by atoms with Gasteiger partial charge in [0.1, 0.15) is 35.5 Å². The first kappa shape index (κ1) is 67.2. The maximum absolute atomic E-state index is 15.3. The molecule has 0 aliphatic carbocycles. The number of fused-ring (bicyclic) bond motifs is 1. The molecule has 0 bridgehead atoms. The molecule has 7 atom stereocenters. The number of nitrogens with zero attached hydrogens (tertiary/aromatic N) is 2. The van der Waals surface area contributed by atoms with E-state index in [9.17, 15) is 34.2 Å². The molecule has 0 spiro atoms. The number of carbonyl (C=O) groups is 7. The molecular weight excluding hydrogens is 1180 g/mol. The lowest BCUT2D eigenvalue weighted by Gasteiger charge is -2.37. The van der Waals surface area contributed by atoms with Gasteiger partial charge in [-0.1, -0.05) is 197 Å². The van der Waals surface area contributed by atoms with E-state index in [2.05, 4.69) is 80.5 Å². The van der Waals surface area contributed by atoms with Gasteiger partial charge in [0.25, 0.3) is 0 Å². The molecule has 9 N–H and O–H groups in total. The molecule has 7 aromatic rings. The van der Waals surface area contributed by atoms with Crippen molar-refractivity contribution < 1.29 is 43.8 Å². The summed E-state index contributed by atoms with van der Waals surface area (Å²) in [6.07, 6.45) is 11.7. The van der Waals surface area contributed by atoms with Crippen molar-refractivity contribution in [2.24, 2.45) is 0 Å². The fraction of sp³-hybridized carbons (Fsp3) is 0.370. The predicted octanol–water partition coefficient (Wildman–Crippen LogP) is 9.52. The number of hydrogen-bond donors (Lipinski definition) is 9. The maximum atomic E-state index is 15.3. The van der Waals surface area contributed by atoms with E-state index in [1.54, 1.807) is 30.2 Å². The van der Waals surface area contributed by atoms with Crippen LogP contribution in [0.1, 0.15) is 124 Å². The molecule has 18 nitrogen and oxygen atoms in total. The van der Waals surface area contributed by atoms with Crippen molar-refractivity contribution in [3.63, 3.8) is 0 Å². The first-order chi connectivity index (χ1) is 44.8. The number of thioether (sulfide) groups is 1. The third-order valence-electron chi connectivity index (χ3n) is 17.3. The van der Waals surface area contributed by atoms with E-state index in [0.29, 0.717) is 55.5 Å². The molecule has 2 aliphatic rings. The minimum atomic E-state index is -1.43. The Morgan fingerprint density at radius 3 is 1.72 bits per heavy atom. The number of aromatic nitrogens is 2. The van der Waals surface area contributed by atoms with Crippen LogP contribution in [-0.2, 0) is 53.6 Å². The lowest BCUT2D eigenvalue weighted by atomic mass is 9.77. The number of rotatable bonds is 35. The average molecular weight is 1260 g/mol. The number of urea groups is 1. The SMILES string of the molecule is CCCCCCCC(=O)NCCCCC(NC(=O)C(Cc1cn(C(c2ccccc2)(c2ccccc2)c2ccccc2)cn1)NC(=O)CCCC[C@@H]1SC[C@@H]2NC(=O)N[C@@H]21)C(=O)NC(Cc1ccc(-c2ccccc2)cc1)C(=O)NC(Cc1ccc(O)cc1)C(=O)O. The van der Waals surface area contributed by atoms with E-state index in [1.165, 1.54) is 12.1 Å². The van der Waals surface area contributed by atoms with Gasteiger partial charge in [-0.25, -0.2) is 14.6 Å². The molecule has 4 unspecified atom stereocenters. The number of unbranched alkanes of at least 4 members (excludes halogenated alkanes) is 6. The van der Waals surface area contributed by atoms with Crippen molar-refractivity contribution in [2.75, 3.05) is 12.3 Å². The van der Waals surface area contributed by atoms with E-state index in [-0.39, 0.29) is 73.0 Å². The Balaban J connectivity index is 1.00. The molecule has 19 heteroatoms. The number of amides is 7. The fourth-order valence-corrected chi connectivity index (χ4v) is 13.9. The highest BCUT2D eigenvalue weighted by molar-refractivity contribution is 8.00. The predicted molar refractivity (Wildman–Crippen MR) is 357 cm³/mol. The summed E-state index contributed by atoms with van der Waals surface area (Å²) < 4.78 is 2.02. The number of aliphatic carboxylic acids is 1. The zero-order chi connectivity index (χ0) is 64.7. The Morgan fingerprint density at radius 2 is 1.10 bits per heavy atom. The zero-order valence-electron chi connectivity index (χ0n) is 52.1. The van der Waals surface area contributed by atoms with Gasteiger partial charge in [-0.05, 0) is 89.6 Å². The van der Waals surface area contributed by atoms with Gasteiger partial charge in [0, 0.05) is 55.8 Å². The molecule has 1 aromatic heterocycles. The molecule has 3 heterocycles. The molecule has 0 saturated carbocycles. The van der Waals surface area contributed by atoms with Crippen molar-refractivity contribution >= 4 is 53.3 Å². The summed E-state index contributed by atoms with van der Waals surface area (Å²) in [6, 6.07) is 48.0. The highest BCUT2D eigenvalue weighted by Crippen LogP contribution is 2.41. The van der Waals surface area contributed by atoms with Crippen LogP contribution in [0.4, 0.5) is 4.79 Å². The van der Waals surface area contributed by atoms with E-state index < -0.39 is 53.4 Å². The number of hydrogen-bond acceptors (Lipinski definition) is 10. The summed E-state index contributed by atoms with van der Waals surface area (Å²) in [5, 5.41) is 41.2. The number of aromatic hydroxyl groups is 1. The van der Waals surface area contributed by atoms with Crippen molar-refractivity contribution in [3.05, 3.63) is 216 Å². The number of carboxylic acid groups (broad SMARTS) is 1. The number of carbonyl (C=O) groups excluding carboxylic acids is 6. The lowest BCUT2D eigenvalue weighted by Crippen LogP contribution is -2.58. The molecule has 0 radical (unpaired) electrons. The normalized spacial score (nSPS) is 16.4. The number of carboxylic acids is 1. The smallest absolute Gasteiger partial charge is 0.326 e. The number of imidazole rings is 1. The monoisotopic (exact) mass is 1260 g/mol. The second-order valence-corrected chi connectivity index (χ2v) is 25.2. The third-order valence-corrected chi connectivity index (χ3v) is 18.8. The van der Waals surface area contributed by atoms with E-state index in [0.717, 1.165) is 72.1 Å². The first-order valence-electron chi connectivity index (χ1n) is 32.3. The Bertz CT molecular complexity index is 3430. The summed E-state index contributed by atoms with van der Waals surface area (Å²) in [5.41, 5.74) is 5.46. The minimum absolute atomic E-state index is 0.00876. The van der Waals surface area contributed by atoms with Crippen LogP contribution in [0.5, 0.6) is 5.75 Å². The summed E-state index contributed by atoms with van der Waals surface area (Å²) in [7, 11) is 0. The van der Waals surface area contributed by atoms with Gasteiger partial charge in [-0.3, -0.25) is 24.0 Å². The largest absolute Gasteiger partial charge is 0.508 e. The summed E-state index contributed by atoms with van der Waals surface area (Å²) in [6.45, 7) is 2.46. The molecule has 2 saturated heterocycles. The lowest BCUT2D eigenvalue weighted by molar-refractivity contribution is -0.142. The van der Waals surface area contributed by atoms with Crippen LogP contribution in [0.25, 0.3) is 11.1 Å². The van der Waals surface area contributed by atoms with E-state index in [4.69, 9.17) is 4.98 Å². The topological polar surface area (TPSA) is 262 Å². The van der Waals surface area contributed by atoms with Crippen LogP contribution in [0.3, 0.4) is 0 Å². The first-order valence-corrected chi connectivity index (χ1v) is 33.3. The van der Waals surface area contributed by atoms with Gasteiger partial charge in [0.15, 0.2) is 0 Å². The van der Waals surface area contributed by atoms with Crippen molar-refractivity contribution in [1.82, 2.24) is 46.8 Å². The number of benzene rings is 6. The number of nitrogens with one attached hydrogen (secondary N) is 7. The summed E-state index contributed by atoms with van der Waals surface area (Å²) in [5.74, 6) is -3.16. The minimum Gasteiger partial charge on any atom is -0.508 e. The van der Waals surface area contributed by atoms with Gasteiger partial charge in [-0.2, -0.15) is 11.8 Å². The van der Waals surface area contributed by atoms with E-state index >= 15 is 9.59 Å². The number of phenolic OH excluding ortho intramolecular Hbond substituents is 1. The second kappa shape index (κ2) is 33.7. The van der Waals surface area contributed by atoms with Crippen LogP contribution < -0.4 is 37.2 Å². The molecule has 2 fully saturated rings. The van der Waals surface area contributed by atoms with Gasteiger partial charge in [0.2, 0.25) is 29.5 Å². The molecule has 92 heavy (non-hydrogen) atoms. The van der Waals surface area contributed by atoms with Gasteiger partial charge in [-0.15, -0.1) is 0 Å². The standard InChI is InChI=1S/C73H85N9O9S/c1-2-3-4-5-18-33-65(84)74-43-22-21-31-59(68(86)78-60(44-50-35-39-53(40-36-50)52-23-10-6-11-24-52)69(87)79-62(71(89)90)45-51-37-41-58(83)42-38-51)77-70(88)61(76-66(85)34-20-19-32-64-67-63(48-92-64)80-72(91)81-67)46-57-47-82(49-75-57)73(54-25-12-7-13-26-54,55-27-14-8-15-28-55)56-29-16-9-17-30-56/h6-17,23-30,35-42,47,49,59-64,67,83H,2-5,18-22,31-34,43-46,48H2,1H3,(H,74,84)(H,76,85)(H,77,88)(H,78,86)(H,79,87)(H,89,90)(H2,80,81,91)/t59?,60?,61?,62?,63-,64-,67-/m0/s1. The summed E-state index contributed by atoms with van der Waals surface area (Å²) in [4.78, 5) is 102. The average Bonchev–Trinajstić information content (AvgIpc) is 1.14. The molecule has 482 valence electrons. The molecule has 2 aliphatic heterocycles. The van der Waals surface area contributed by atoms with Crippen molar-refractivity contribution in [3.8, 4) is 16.9 Å². The van der Waals surface area contributed by atoms with Crippen LogP contribution in [0.15, 0.2) is 182 Å². The fourth-order valence-electron chi connectivity index (χ4n) is 12.3. The Kier molecular flexibility index (Phi) is 24.6. The Morgan fingerprint density at radius 1 is 0.576 bits per heavy atom.